The summed E-state index contributed by atoms with van der Waals surface area (Å²) in [6.07, 6.45) is 9.27. The van der Waals surface area contributed by atoms with Crippen LogP contribution in [0.5, 0.6) is 5.75 Å². The third-order valence-electron chi connectivity index (χ3n) is 16.5. The molecule has 5 unspecified atom stereocenters. The summed E-state index contributed by atoms with van der Waals surface area (Å²) >= 11 is 0. The number of amides is 1. The molecule has 4 aromatic heterocycles. The molecule has 6 aromatic rings. The van der Waals surface area contributed by atoms with Gasteiger partial charge in [-0.2, -0.15) is 17.0 Å². The molecule has 1 amide bonds. The highest BCUT2D eigenvalue weighted by Crippen LogP contribution is 2.66. The molecule has 2 aromatic carbocycles. The molecule has 0 spiro atoms. The standard InChI is InChI=1S/C61H75N12O22P3S/c1-39-32-61(2,3)49(48-30-51-43(28-46(39)48)29-47(60(77)93-51)40-20-24-72(25-21-40)23-12-26-99(85,86)87)18-10-16-44(74)15-7-5-4-6-8-19-50(75)41-13-9-17-45(27-41)88-36-55(69-71-64)89-35-54(76)65-22-11-14-42-33-73(59-57(42)58(62)66-37-67-59)56-31-52(90-38-68-70-63)53(92-56)34-91-97(81,82)95-98(83,84)94-96(78,79)80/h9,13,17,20-21,24-25,27-30,33,37,39,49,52-53,55-56H,4-8,10,12,15-16,18-19,22-23,26,31-32,34-36,38H2,1-3H3,(H7-,62,65,66,67,76,78,79,80,81,82,83,84,85,86,87)/p+1/t39?,49?,52-,53-,55?,56-/m1/s1. The van der Waals surface area contributed by atoms with Gasteiger partial charge in [0.1, 0.15) is 73.7 Å². The number of ketones is 2. The predicted octanol–water partition coefficient (Wildman–Crippen LogP) is 9.81. The van der Waals surface area contributed by atoms with Crippen molar-refractivity contribution < 1.29 is 102 Å². The number of nitrogen functional groups attached to an aromatic ring is 1. The van der Waals surface area contributed by atoms with Gasteiger partial charge in [0.25, 0.3) is 10.1 Å². The number of carbonyl (C=O) groups is 3. The van der Waals surface area contributed by atoms with Gasteiger partial charge in [0.2, 0.25) is 5.91 Å². The lowest BCUT2D eigenvalue weighted by Crippen LogP contribution is -2.33. The molecule has 99 heavy (non-hydrogen) atoms. The summed E-state index contributed by atoms with van der Waals surface area (Å²) in [7, 11) is -21.1. The molecule has 1 saturated heterocycles. The Labute approximate surface area is 567 Å². The van der Waals surface area contributed by atoms with Crippen molar-refractivity contribution in [2.45, 2.75) is 147 Å². The second-order valence-electron chi connectivity index (χ2n) is 24.3. The topological polar surface area (TPSA) is 503 Å². The van der Waals surface area contributed by atoms with Gasteiger partial charge in [0.05, 0.1) is 41.5 Å². The molecule has 8 rings (SSSR count). The molecular formula is C61H76N12O22P3S+. The van der Waals surface area contributed by atoms with Crippen LogP contribution in [0.2, 0.25) is 0 Å². The van der Waals surface area contributed by atoms with Gasteiger partial charge in [0.15, 0.2) is 24.4 Å². The third kappa shape index (κ3) is 22.9. The number of ether oxygens (including phenoxy) is 4. The zero-order valence-electron chi connectivity index (χ0n) is 54.1. The van der Waals surface area contributed by atoms with Crippen LogP contribution in [0.15, 0.2) is 99.0 Å². The summed E-state index contributed by atoms with van der Waals surface area (Å²) in [5.74, 6) is 5.45. The Hall–Kier alpha value is -7.79. The maximum absolute atomic E-state index is 13.4. The van der Waals surface area contributed by atoms with Crippen LogP contribution in [0.25, 0.3) is 54.0 Å². The molecule has 0 bridgehead atoms. The van der Waals surface area contributed by atoms with Gasteiger partial charge in [-0.3, -0.25) is 23.5 Å². The van der Waals surface area contributed by atoms with Gasteiger partial charge >= 0.3 is 29.1 Å². The van der Waals surface area contributed by atoms with Gasteiger partial charge in [0, 0.05) is 76.8 Å². The molecule has 532 valence electrons. The normalized spacial score (nSPS) is 18.9. The van der Waals surface area contributed by atoms with Crippen LogP contribution in [0.1, 0.15) is 149 Å². The maximum atomic E-state index is 13.4. The summed E-state index contributed by atoms with van der Waals surface area (Å²) < 4.78 is 111. The minimum Gasteiger partial charge on any atom is -0.491 e. The van der Waals surface area contributed by atoms with Crippen LogP contribution in [-0.2, 0) is 67.3 Å². The molecule has 1 aliphatic heterocycles. The van der Waals surface area contributed by atoms with Crippen molar-refractivity contribution in [3.8, 4) is 28.7 Å². The number of phosphoric acid groups is 3. The largest absolute Gasteiger partial charge is 0.491 e. The van der Waals surface area contributed by atoms with E-state index >= 15 is 0 Å². The number of phosphoric ester groups is 1. The average Bonchev–Trinajstić information content (AvgIpc) is 1.06. The summed E-state index contributed by atoms with van der Waals surface area (Å²) in [5.41, 5.74) is 28.5. The quantitative estimate of drug-likeness (QED) is 0.00182. The lowest BCUT2D eigenvalue weighted by molar-refractivity contribution is -0.696. The fraction of sp³-hybridized carbons (Fsp3) is 0.492. The van der Waals surface area contributed by atoms with E-state index in [1.54, 1.807) is 53.4 Å². The maximum Gasteiger partial charge on any atom is 0.490 e. The molecule has 5 heterocycles. The second kappa shape index (κ2) is 34.5. The van der Waals surface area contributed by atoms with E-state index in [0.29, 0.717) is 53.8 Å². The van der Waals surface area contributed by atoms with Gasteiger partial charge in [-0.1, -0.05) is 74.2 Å². The number of aryl methyl sites for hydroxylation is 1. The molecular weight excluding hydrogens is 1380 g/mol. The SMILES string of the molecule is CC1CC(C)(C)C(CCCC(=O)CCCCCCCC(=O)c2cccc(OCC(N=[N+]=[N-])OCC(=O)NCC#Cc3cn([C@H]4C[C@@H](OCN=[N+]=[N-])[C@@H](COP(=O)(O)OP(=O)(O)OP(=O)(O)O)O4)c4ncnc(N)c34)c2)c2cc3oc(=O)c(-c4cc[n+](CCCS(=O)(=O)O)cc4)cc3cc21. The van der Waals surface area contributed by atoms with Gasteiger partial charge in [-0.05, 0) is 102 Å². The van der Waals surface area contributed by atoms with Crippen LogP contribution >= 0.6 is 23.5 Å². The smallest absolute Gasteiger partial charge is 0.490 e. The first kappa shape index (κ1) is 77.0. The number of nitrogens with zero attached hydrogens (tertiary/aromatic N) is 10. The van der Waals surface area contributed by atoms with Crippen molar-refractivity contribution in [2.24, 2.45) is 15.6 Å². The lowest BCUT2D eigenvalue weighted by atomic mass is 9.61. The Morgan fingerprint density at radius 1 is 0.939 bits per heavy atom. The number of hydrogen-bond acceptors (Lipinski definition) is 22. The molecule has 0 saturated carbocycles. The van der Waals surface area contributed by atoms with E-state index in [9.17, 15) is 56.6 Å². The van der Waals surface area contributed by atoms with Crippen LogP contribution < -0.4 is 26.0 Å². The van der Waals surface area contributed by atoms with Crippen molar-refractivity contribution >= 4 is 78.9 Å². The number of azide groups is 2. The van der Waals surface area contributed by atoms with E-state index < -0.39 is 89.7 Å². The number of hydrogen-bond donors (Lipinski definition) is 7. The molecule has 1 aliphatic carbocycles. The van der Waals surface area contributed by atoms with E-state index in [2.05, 4.69) is 82.6 Å². The fourth-order valence-corrected chi connectivity index (χ4v) is 15.6. The number of aromatic nitrogens is 4. The van der Waals surface area contributed by atoms with Crippen molar-refractivity contribution in [2.75, 3.05) is 44.6 Å². The molecule has 34 nitrogen and oxygen atoms in total. The van der Waals surface area contributed by atoms with E-state index in [-0.39, 0.29) is 89.4 Å². The number of fused-ring (bicyclic) bond motifs is 3. The van der Waals surface area contributed by atoms with E-state index in [1.807, 2.05) is 12.1 Å². The van der Waals surface area contributed by atoms with Gasteiger partial charge in [-0.25, -0.2) is 33.0 Å². The van der Waals surface area contributed by atoms with Crippen LogP contribution in [0, 0.1) is 17.3 Å². The Bertz CT molecular complexity index is 4420. The first-order chi connectivity index (χ1) is 46.9. The average molecular weight is 1450 g/mol. The molecule has 8 N–H and O–H groups in total. The highest BCUT2D eigenvalue weighted by molar-refractivity contribution is 7.85. The highest BCUT2D eigenvalue weighted by Gasteiger charge is 2.44. The highest BCUT2D eigenvalue weighted by atomic mass is 32.2. The van der Waals surface area contributed by atoms with Gasteiger partial charge < -0.3 is 58.6 Å². The Morgan fingerprint density at radius 3 is 2.40 bits per heavy atom. The number of anilines is 1. The molecule has 2 aliphatic rings. The third-order valence-corrected chi connectivity index (χ3v) is 21.1. The van der Waals surface area contributed by atoms with Crippen molar-refractivity contribution in [1.82, 2.24) is 19.9 Å². The minimum absolute atomic E-state index is 0.00610. The number of nitrogens with one attached hydrogen (secondary N) is 1. The zero-order chi connectivity index (χ0) is 71.7. The summed E-state index contributed by atoms with van der Waals surface area (Å²) in [4.78, 5) is 104. The fourth-order valence-electron chi connectivity index (χ4n) is 12.1. The Kier molecular flexibility index (Phi) is 26.8. The Balaban J connectivity index is 0.736. The number of benzene rings is 2. The number of pyridine rings is 1. The van der Waals surface area contributed by atoms with Crippen LogP contribution in [0.4, 0.5) is 5.82 Å². The van der Waals surface area contributed by atoms with Crippen LogP contribution in [0.3, 0.4) is 0 Å². The van der Waals surface area contributed by atoms with E-state index in [1.165, 1.54) is 16.3 Å². The minimum atomic E-state index is -5.83. The van der Waals surface area contributed by atoms with E-state index in [0.717, 1.165) is 62.2 Å². The van der Waals surface area contributed by atoms with Gasteiger partial charge in [-0.15, -0.1) is 0 Å². The molecule has 1 fully saturated rings. The first-order valence-corrected chi connectivity index (χ1v) is 37.5. The number of unbranched alkanes of at least 4 members (excludes halogenated alkanes) is 4. The Morgan fingerprint density at radius 2 is 1.68 bits per heavy atom. The predicted molar refractivity (Wildman–Crippen MR) is 354 cm³/mol. The zero-order valence-corrected chi connectivity index (χ0v) is 57.6. The van der Waals surface area contributed by atoms with Crippen LogP contribution in [-0.4, -0.2) is 122 Å². The number of nitrogens with two attached hydrogens (primary N) is 1. The number of carbonyl (C=O) groups excluding carboxylic acids is 3. The second-order valence-corrected chi connectivity index (χ2v) is 30.3. The van der Waals surface area contributed by atoms with Crippen molar-refractivity contribution in [1.29, 1.82) is 0 Å². The molecule has 0 radical (unpaired) electrons. The lowest BCUT2D eigenvalue weighted by Gasteiger charge is -2.43. The van der Waals surface area contributed by atoms with E-state index in [4.69, 9.17) is 53.5 Å². The number of rotatable bonds is 37. The summed E-state index contributed by atoms with van der Waals surface area (Å²) in [6.45, 7) is 4.55. The number of Topliss-reactive ketones (excluding diaryl/α,β-unsaturated/α-hetero) is 2. The first-order valence-electron chi connectivity index (χ1n) is 31.3. The molecule has 8 atom stereocenters. The van der Waals surface area contributed by atoms with Crippen molar-refractivity contribution in [3.05, 3.63) is 133 Å². The summed E-state index contributed by atoms with van der Waals surface area (Å²) in [6, 6.07) is 16.0. The molecule has 38 heteroatoms. The monoisotopic (exact) mass is 1450 g/mol. The summed E-state index contributed by atoms with van der Waals surface area (Å²) in [5, 5.41) is 10.5. The van der Waals surface area contributed by atoms with Crippen molar-refractivity contribution in [3.63, 3.8) is 0 Å².